The lowest BCUT2D eigenvalue weighted by Gasteiger charge is -2.05. The van der Waals surface area contributed by atoms with Crippen LogP contribution in [0.3, 0.4) is 0 Å². The van der Waals surface area contributed by atoms with Crippen LogP contribution in [0.2, 0.25) is 0 Å². The number of ether oxygens (including phenoxy) is 1. The number of hydrogen-bond donors (Lipinski definition) is 1. The van der Waals surface area contributed by atoms with Gasteiger partial charge in [0.15, 0.2) is 9.84 Å². The minimum absolute atomic E-state index is 0.0453. The first kappa shape index (κ1) is 10.3. The van der Waals surface area contributed by atoms with Gasteiger partial charge in [0.05, 0.1) is 36.4 Å². The summed E-state index contributed by atoms with van der Waals surface area (Å²) in [6.45, 7) is 0.170. The molecule has 0 saturated heterocycles. The predicted octanol–water partition coefficient (Wildman–Crippen LogP) is -0.628. The number of methoxy groups -OCH3 is 1. The molecule has 0 saturated carbocycles. The quantitative estimate of drug-likeness (QED) is 0.725. The zero-order valence-electron chi connectivity index (χ0n) is 8.23. The molecule has 0 bridgehead atoms. The zero-order chi connectivity index (χ0) is 11.1. The number of nitrogens with zero attached hydrogens (tertiary/aromatic N) is 2. The van der Waals surface area contributed by atoms with E-state index in [2.05, 4.69) is 9.97 Å². The van der Waals surface area contributed by atoms with Crippen molar-refractivity contribution < 1.29 is 13.2 Å². The molecule has 7 heteroatoms. The minimum Gasteiger partial charge on any atom is -0.481 e. The molecule has 1 aromatic rings. The van der Waals surface area contributed by atoms with Crippen molar-refractivity contribution in [3.8, 4) is 5.88 Å². The van der Waals surface area contributed by atoms with Gasteiger partial charge in [-0.3, -0.25) is 0 Å². The SMILES string of the molecule is COc1nc(CN)nc2c1CS(=O)(=O)C2. The van der Waals surface area contributed by atoms with Gasteiger partial charge < -0.3 is 10.5 Å². The van der Waals surface area contributed by atoms with E-state index in [1.807, 2.05) is 0 Å². The first-order valence-corrected chi connectivity index (χ1v) is 6.21. The van der Waals surface area contributed by atoms with E-state index in [4.69, 9.17) is 10.5 Å². The second-order valence-corrected chi connectivity index (χ2v) is 5.38. The maximum atomic E-state index is 11.4. The molecular formula is C8H11N3O3S. The molecule has 0 atom stereocenters. The topological polar surface area (TPSA) is 95.2 Å². The van der Waals surface area contributed by atoms with E-state index in [9.17, 15) is 8.42 Å². The van der Waals surface area contributed by atoms with Gasteiger partial charge >= 0.3 is 0 Å². The molecule has 0 amide bonds. The Morgan fingerprint density at radius 1 is 1.40 bits per heavy atom. The molecule has 0 radical (unpaired) electrons. The largest absolute Gasteiger partial charge is 0.481 e. The molecule has 0 spiro atoms. The van der Waals surface area contributed by atoms with E-state index < -0.39 is 9.84 Å². The average molecular weight is 229 g/mol. The van der Waals surface area contributed by atoms with Crippen molar-refractivity contribution >= 4 is 9.84 Å². The third-order valence-corrected chi connectivity index (χ3v) is 3.64. The Bertz CT molecular complexity index is 498. The number of hydrogen-bond acceptors (Lipinski definition) is 6. The van der Waals surface area contributed by atoms with Crippen molar-refractivity contribution in [2.45, 2.75) is 18.1 Å². The minimum atomic E-state index is -3.09. The normalized spacial score (nSPS) is 17.5. The van der Waals surface area contributed by atoms with Crippen LogP contribution < -0.4 is 10.5 Å². The van der Waals surface area contributed by atoms with Crippen molar-refractivity contribution in [3.63, 3.8) is 0 Å². The van der Waals surface area contributed by atoms with Crippen LogP contribution in [0, 0.1) is 0 Å². The van der Waals surface area contributed by atoms with Crippen molar-refractivity contribution in [1.82, 2.24) is 9.97 Å². The second kappa shape index (κ2) is 3.42. The highest BCUT2D eigenvalue weighted by atomic mass is 32.2. The molecule has 2 N–H and O–H groups in total. The van der Waals surface area contributed by atoms with Gasteiger partial charge in [0.1, 0.15) is 5.82 Å². The van der Waals surface area contributed by atoms with Crippen LogP contribution in [0.1, 0.15) is 17.1 Å². The Balaban J connectivity index is 2.57. The Labute approximate surface area is 87.4 Å². The summed E-state index contributed by atoms with van der Waals surface area (Å²) in [4.78, 5) is 8.10. The van der Waals surface area contributed by atoms with Gasteiger partial charge in [-0.2, -0.15) is 4.98 Å². The molecule has 6 nitrogen and oxygen atoms in total. The standard InChI is InChI=1S/C8H11N3O3S/c1-14-8-5-3-15(12,13)4-6(5)10-7(2-9)11-8/h2-4,9H2,1H3. The third-order valence-electron chi connectivity index (χ3n) is 2.20. The number of sulfone groups is 1. The summed E-state index contributed by atoms with van der Waals surface area (Å²) in [5.41, 5.74) is 6.49. The fourth-order valence-corrected chi connectivity index (χ4v) is 3.05. The zero-order valence-corrected chi connectivity index (χ0v) is 9.04. The van der Waals surface area contributed by atoms with E-state index in [-0.39, 0.29) is 18.1 Å². The first-order valence-electron chi connectivity index (χ1n) is 4.39. The smallest absolute Gasteiger partial charge is 0.221 e. The lowest BCUT2D eigenvalue weighted by atomic mass is 10.2. The molecule has 0 aromatic carbocycles. The molecule has 2 heterocycles. The van der Waals surface area contributed by atoms with Crippen LogP contribution in [0.15, 0.2) is 0 Å². The fourth-order valence-electron chi connectivity index (χ4n) is 1.56. The Morgan fingerprint density at radius 2 is 2.13 bits per heavy atom. The van der Waals surface area contributed by atoms with Crippen LogP contribution >= 0.6 is 0 Å². The van der Waals surface area contributed by atoms with Crippen molar-refractivity contribution in [1.29, 1.82) is 0 Å². The Morgan fingerprint density at radius 3 is 2.73 bits per heavy atom. The highest BCUT2D eigenvalue weighted by Gasteiger charge is 2.30. The van der Waals surface area contributed by atoms with Crippen LogP contribution in [-0.2, 0) is 27.9 Å². The Hall–Kier alpha value is -1.21. The Kier molecular flexibility index (Phi) is 2.35. The van der Waals surface area contributed by atoms with E-state index >= 15 is 0 Å². The molecule has 0 unspecified atom stereocenters. The summed E-state index contributed by atoms with van der Waals surface area (Å²) >= 11 is 0. The van der Waals surface area contributed by atoms with E-state index in [0.29, 0.717) is 23.0 Å². The summed E-state index contributed by atoms with van der Waals surface area (Å²) in [5, 5.41) is 0. The van der Waals surface area contributed by atoms with Crippen molar-refractivity contribution in [2.75, 3.05) is 7.11 Å². The molecule has 82 valence electrons. The molecule has 1 aliphatic heterocycles. The van der Waals surface area contributed by atoms with Crippen LogP contribution in [0.4, 0.5) is 0 Å². The fraction of sp³-hybridized carbons (Fsp3) is 0.500. The molecule has 1 aromatic heterocycles. The van der Waals surface area contributed by atoms with Crippen LogP contribution in [0.25, 0.3) is 0 Å². The van der Waals surface area contributed by atoms with Gasteiger partial charge in [-0.25, -0.2) is 13.4 Å². The van der Waals surface area contributed by atoms with E-state index in [0.717, 1.165) is 0 Å². The average Bonchev–Trinajstić information content (AvgIpc) is 2.50. The maximum absolute atomic E-state index is 11.4. The first-order chi connectivity index (χ1) is 7.05. The van der Waals surface area contributed by atoms with Gasteiger partial charge in [0.25, 0.3) is 0 Å². The monoisotopic (exact) mass is 229 g/mol. The van der Waals surface area contributed by atoms with E-state index in [1.165, 1.54) is 7.11 Å². The third kappa shape index (κ3) is 1.80. The highest BCUT2D eigenvalue weighted by Crippen LogP contribution is 2.29. The summed E-state index contributed by atoms with van der Waals surface area (Å²) < 4.78 is 27.8. The van der Waals surface area contributed by atoms with Crippen molar-refractivity contribution in [2.24, 2.45) is 5.73 Å². The summed E-state index contributed by atoms with van der Waals surface area (Å²) in [5.74, 6) is 0.633. The van der Waals surface area contributed by atoms with Gasteiger partial charge in [-0.05, 0) is 0 Å². The van der Waals surface area contributed by atoms with Gasteiger partial charge in [-0.15, -0.1) is 0 Å². The molecule has 0 fully saturated rings. The second-order valence-electron chi connectivity index (χ2n) is 3.31. The lowest BCUT2D eigenvalue weighted by Crippen LogP contribution is -2.07. The number of aromatic nitrogens is 2. The van der Waals surface area contributed by atoms with Crippen molar-refractivity contribution in [3.05, 3.63) is 17.1 Å². The number of fused-ring (bicyclic) bond motifs is 1. The predicted molar refractivity (Wildman–Crippen MR) is 52.8 cm³/mol. The molecular weight excluding hydrogens is 218 g/mol. The highest BCUT2D eigenvalue weighted by molar-refractivity contribution is 7.90. The summed E-state index contributed by atoms with van der Waals surface area (Å²) in [6, 6.07) is 0. The van der Waals surface area contributed by atoms with E-state index in [1.54, 1.807) is 0 Å². The maximum Gasteiger partial charge on any atom is 0.221 e. The molecule has 0 aliphatic carbocycles. The molecule has 2 rings (SSSR count). The summed E-state index contributed by atoms with van der Waals surface area (Å²) in [7, 11) is -1.63. The molecule has 1 aliphatic rings. The number of nitrogens with two attached hydrogens (primary N) is 1. The molecule has 15 heavy (non-hydrogen) atoms. The van der Waals surface area contributed by atoms with Crippen LogP contribution in [0.5, 0.6) is 5.88 Å². The van der Waals surface area contributed by atoms with Gasteiger partial charge in [-0.1, -0.05) is 0 Å². The van der Waals surface area contributed by atoms with Crippen LogP contribution in [-0.4, -0.2) is 25.5 Å². The summed E-state index contributed by atoms with van der Waals surface area (Å²) in [6.07, 6.45) is 0. The number of rotatable bonds is 2. The van der Waals surface area contributed by atoms with Gasteiger partial charge in [0, 0.05) is 0 Å². The van der Waals surface area contributed by atoms with Gasteiger partial charge in [0.2, 0.25) is 5.88 Å². The lowest BCUT2D eigenvalue weighted by molar-refractivity contribution is 0.390.